The molecule has 0 saturated heterocycles. The summed E-state index contributed by atoms with van der Waals surface area (Å²) in [5, 5.41) is 0.266. The van der Waals surface area contributed by atoms with Crippen LogP contribution in [0.25, 0.3) is 11.0 Å². The molecule has 1 amide bonds. The lowest BCUT2D eigenvalue weighted by molar-refractivity contribution is -0.141. The molecule has 2 rings (SSSR count). The van der Waals surface area contributed by atoms with E-state index in [1.54, 1.807) is 18.2 Å². The van der Waals surface area contributed by atoms with Gasteiger partial charge >= 0.3 is 5.97 Å². The number of likely N-dealkylation sites (N-methyl/N-ethyl adjacent to an activating group) is 1. The van der Waals surface area contributed by atoms with Gasteiger partial charge in [-0.15, -0.1) is 0 Å². The predicted molar refractivity (Wildman–Crippen MR) is 70.1 cm³/mol. The zero-order valence-electron chi connectivity index (χ0n) is 10.4. The first-order chi connectivity index (χ1) is 9.01. The smallest absolute Gasteiger partial charge is 0.325 e. The molecular weight excluding hydrogens is 270 g/mol. The molecule has 0 atom stereocenters. The molecule has 0 aliphatic carbocycles. The Morgan fingerprint density at radius 3 is 2.89 bits per heavy atom. The van der Waals surface area contributed by atoms with Crippen LogP contribution in [0.5, 0.6) is 0 Å². The lowest BCUT2D eigenvalue weighted by Gasteiger charge is -2.15. The zero-order chi connectivity index (χ0) is 14.0. The van der Waals surface area contributed by atoms with Crippen LogP contribution in [0.15, 0.2) is 18.2 Å². The third-order valence-electron chi connectivity index (χ3n) is 2.64. The van der Waals surface area contributed by atoms with Crippen molar-refractivity contribution in [2.24, 2.45) is 0 Å². The molecule has 100 valence electrons. The van der Waals surface area contributed by atoms with Crippen molar-refractivity contribution in [3.8, 4) is 0 Å². The summed E-state index contributed by atoms with van der Waals surface area (Å²) in [5.41, 5.74) is 1.79. The number of fused-ring (bicyclic) bond motifs is 1. The average molecular weight is 282 g/mol. The molecule has 1 aromatic heterocycles. The number of hydrogen-bond donors (Lipinski definition) is 1. The van der Waals surface area contributed by atoms with Gasteiger partial charge in [-0.25, -0.2) is 4.98 Å². The standard InChI is InChI=1S/C12H12ClN3O3/c1-16(6-10(17)19-2)11(18)7-3-4-8-9(5-7)15-12(13)14-8/h3-5H,6H2,1-2H3,(H,14,15). The molecule has 0 spiro atoms. The van der Waals surface area contributed by atoms with Crippen LogP contribution in [0.3, 0.4) is 0 Å². The molecule has 7 heteroatoms. The number of hydrogen-bond acceptors (Lipinski definition) is 4. The maximum atomic E-state index is 12.1. The van der Waals surface area contributed by atoms with E-state index in [1.165, 1.54) is 19.1 Å². The van der Waals surface area contributed by atoms with Crippen molar-refractivity contribution in [2.45, 2.75) is 0 Å². The van der Waals surface area contributed by atoms with E-state index in [-0.39, 0.29) is 17.7 Å². The Hall–Kier alpha value is -2.08. The summed E-state index contributed by atoms with van der Waals surface area (Å²) in [6.45, 7) is -0.100. The zero-order valence-corrected chi connectivity index (χ0v) is 11.2. The Labute approximate surface area is 114 Å². The molecule has 2 aromatic rings. The second-order valence-corrected chi connectivity index (χ2v) is 4.35. The van der Waals surface area contributed by atoms with Gasteiger partial charge in [0.1, 0.15) is 6.54 Å². The number of esters is 1. The van der Waals surface area contributed by atoms with Gasteiger partial charge in [0, 0.05) is 12.6 Å². The maximum Gasteiger partial charge on any atom is 0.325 e. The number of halogens is 1. The molecule has 0 aliphatic heterocycles. The summed E-state index contributed by atoms with van der Waals surface area (Å²) in [4.78, 5) is 31.4. The number of H-pyrrole nitrogens is 1. The highest BCUT2D eigenvalue weighted by atomic mass is 35.5. The highest BCUT2D eigenvalue weighted by molar-refractivity contribution is 6.29. The molecule has 0 bridgehead atoms. The number of methoxy groups -OCH3 is 1. The minimum atomic E-state index is -0.471. The molecule has 0 saturated carbocycles. The van der Waals surface area contributed by atoms with Crippen molar-refractivity contribution in [1.82, 2.24) is 14.9 Å². The van der Waals surface area contributed by atoms with Gasteiger partial charge in [0.2, 0.25) is 5.28 Å². The summed E-state index contributed by atoms with van der Waals surface area (Å²) in [7, 11) is 2.81. The minimum Gasteiger partial charge on any atom is -0.468 e. The number of benzene rings is 1. The highest BCUT2D eigenvalue weighted by Crippen LogP contribution is 2.17. The van der Waals surface area contributed by atoms with Gasteiger partial charge in [-0.1, -0.05) is 0 Å². The second kappa shape index (κ2) is 5.27. The predicted octanol–water partition coefficient (Wildman–Crippen LogP) is 1.46. The number of ether oxygens (including phenoxy) is 1. The Balaban J connectivity index is 2.23. The van der Waals surface area contributed by atoms with Gasteiger partial charge in [0.25, 0.3) is 5.91 Å². The Bertz CT molecular complexity index is 638. The van der Waals surface area contributed by atoms with Crippen molar-refractivity contribution in [3.05, 3.63) is 29.0 Å². The fraction of sp³-hybridized carbons (Fsp3) is 0.250. The molecule has 1 heterocycles. The van der Waals surface area contributed by atoms with Crippen molar-refractivity contribution in [1.29, 1.82) is 0 Å². The number of carbonyl (C=O) groups is 2. The number of aromatic amines is 1. The van der Waals surface area contributed by atoms with E-state index in [0.29, 0.717) is 16.6 Å². The topological polar surface area (TPSA) is 75.3 Å². The van der Waals surface area contributed by atoms with Crippen LogP contribution in [0.1, 0.15) is 10.4 Å². The SMILES string of the molecule is COC(=O)CN(C)C(=O)c1ccc2nc(Cl)[nH]c2c1. The summed E-state index contributed by atoms with van der Waals surface area (Å²) >= 11 is 5.74. The van der Waals surface area contributed by atoms with E-state index in [1.807, 2.05) is 0 Å². The van der Waals surface area contributed by atoms with Crippen molar-refractivity contribution in [2.75, 3.05) is 20.7 Å². The molecule has 19 heavy (non-hydrogen) atoms. The largest absolute Gasteiger partial charge is 0.468 e. The van der Waals surface area contributed by atoms with Gasteiger partial charge < -0.3 is 14.6 Å². The maximum absolute atomic E-state index is 12.1. The van der Waals surface area contributed by atoms with Crippen molar-refractivity contribution < 1.29 is 14.3 Å². The van der Waals surface area contributed by atoms with Gasteiger partial charge in [-0.2, -0.15) is 0 Å². The molecular formula is C12H12ClN3O3. The third kappa shape index (κ3) is 2.85. The van der Waals surface area contributed by atoms with Gasteiger partial charge in [-0.05, 0) is 29.8 Å². The Morgan fingerprint density at radius 1 is 1.47 bits per heavy atom. The van der Waals surface area contributed by atoms with Crippen LogP contribution in [-0.4, -0.2) is 47.4 Å². The number of carbonyl (C=O) groups excluding carboxylic acids is 2. The van der Waals surface area contributed by atoms with E-state index in [9.17, 15) is 9.59 Å². The summed E-state index contributed by atoms with van der Waals surface area (Å²) < 4.78 is 4.51. The highest BCUT2D eigenvalue weighted by Gasteiger charge is 2.16. The van der Waals surface area contributed by atoms with Crippen molar-refractivity contribution in [3.63, 3.8) is 0 Å². The monoisotopic (exact) mass is 281 g/mol. The lowest BCUT2D eigenvalue weighted by atomic mass is 10.2. The molecule has 0 aliphatic rings. The van der Waals surface area contributed by atoms with Crippen LogP contribution in [0, 0.1) is 0 Å². The lowest BCUT2D eigenvalue weighted by Crippen LogP contribution is -2.32. The van der Waals surface area contributed by atoms with Gasteiger partial charge in [-0.3, -0.25) is 9.59 Å². The van der Waals surface area contributed by atoms with Crippen molar-refractivity contribution >= 4 is 34.5 Å². The van der Waals surface area contributed by atoms with Crippen LogP contribution < -0.4 is 0 Å². The number of rotatable bonds is 3. The van der Waals surface area contributed by atoms with E-state index in [0.717, 1.165) is 0 Å². The van der Waals surface area contributed by atoms with Gasteiger partial charge in [0.05, 0.1) is 18.1 Å². The third-order valence-corrected chi connectivity index (χ3v) is 2.82. The number of nitrogens with one attached hydrogen (secondary N) is 1. The molecule has 0 unspecified atom stereocenters. The first-order valence-electron chi connectivity index (χ1n) is 5.49. The molecule has 0 radical (unpaired) electrons. The minimum absolute atomic E-state index is 0.100. The molecule has 1 N–H and O–H groups in total. The summed E-state index contributed by atoms with van der Waals surface area (Å²) in [6, 6.07) is 4.97. The van der Waals surface area contributed by atoms with Crippen LogP contribution in [0.4, 0.5) is 0 Å². The Morgan fingerprint density at radius 2 is 2.21 bits per heavy atom. The summed E-state index contributed by atoms with van der Waals surface area (Å²) in [5.74, 6) is -0.750. The first-order valence-corrected chi connectivity index (χ1v) is 5.86. The average Bonchev–Trinajstić information content (AvgIpc) is 2.76. The first kappa shape index (κ1) is 13.4. The second-order valence-electron chi connectivity index (χ2n) is 4.00. The van der Waals surface area contributed by atoms with Crippen LogP contribution in [-0.2, 0) is 9.53 Å². The Kier molecular flexibility index (Phi) is 3.71. The van der Waals surface area contributed by atoms with E-state index < -0.39 is 5.97 Å². The number of amides is 1. The molecule has 0 fully saturated rings. The van der Waals surface area contributed by atoms with E-state index in [2.05, 4.69) is 14.7 Å². The molecule has 6 nitrogen and oxygen atoms in total. The summed E-state index contributed by atoms with van der Waals surface area (Å²) in [6.07, 6.45) is 0. The quantitative estimate of drug-likeness (QED) is 0.864. The fourth-order valence-electron chi connectivity index (χ4n) is 1.66. The number of aromatic nitrogens is 2. The number of imidazole rings is 1. The fourth-order valence-corrected chi connectivity index (χ4v) is 1.85. The van der Waals surface area contributed by atoms with Gasteiger partial charge in [0.15, 0.2) is 0 Å². The number of nitrogens with zero attached hydrogens (tertiary/aromatic N) is 2. The van der Waals surface area contributed by atoms with Crippen LogP contribution >= 0.6 is 11.6 Å². The van der Waals surface area contributed by atoms with E-state index >= 15 is 0 Å². The van der Waals surface area contributed by atoms with E-state index in [4.69, 9.17) is 11.6 Å². The van der Waals surface area contributed by atoms with Crippen LogP contribution in [0.2, 0.25) is 5.28 Å². The molecule has 1 aromatic carbocycles. The normalized spacial score (nSPS) is 10.5.